The van der Waals surface area contributed by atoms with E-state index in [0.717, 1.165) is 10.0 Å². The van der Waals surface area contributed by atoms with Crippen LogP contribution >= 0.6 is 55.7 Å². The summed E-state index contributed by atoms with van der Waals surface area (Å²) in [5, 5.41) is 2.97. The third-order valence-corrected chi connectivity index (χ3v) is 5.14. The topological polar surface area (TPSA) is 79.5 Å². The second kappa shape index (κ2) is 10.0. The number of hydrazine groups is 1. The van der Waals surface area contributed by atoms with Gasteiger partial charge in [0.25, 0.3) is 11.8 Å². The predicted molar refractivity (Wildman–Crippen MR) is 115 cm³/mol. The van der Waals surface area contributed by atoms with Gasteiger partial charge in [-0.2, -0.15) is 0 Å². The quantitative estimate of drug-likeness (QED) is 0.409. The monoisotopic (exact) mass is 533 g/mol. The van der Waals surface area contributed by atoms with Crippen molar-refractivity contribution in [3.63, 3.8) is 0 Å². The zero-order chi connectivity index (χ0) is 20.0. The molecule has 10 heteroatoms. The Morgan fingerprint density at radius 1 is 1.11 bits per heavy atom. The highest BCUT2D eigenvalue weighted by atomic mass is 79.9. The van der Waals surface area contributed by atoms with Gasteiger partial charge in [-0.05, 0) is 71.0 Å². The van der Waals surface area contributed by atoms with Crippen LogP contribution in [0.1, 0.15) is 15.9 Å². The minimum Gasteiger partial charge on any atom is -0.483 e. The Hall–Kier alpha value is -1.68. The molecule has 0 aliphatic carbocycles. The summed E-state index contributed by atoms with van der Waals surface area (Å²) < 4.78 is 6.81. The average Bonchev–Trinajstić information content (AvgIpc) is 2.61. The number of hydrogen-bond donors (Lipinski definition) is 3. The molecule has 0 aliphatic rings. The number of nitrogens with one attached hydrogen (secondary N) is 3. The van der Waals surface area contributed by atoms with Crippen LogP contribution in [-0.4, -0.2) is 23.5 Å². The van der Waals surface area contributed by atoms with Crippen LogP contribution in [0.5, 0.6) is 5.75 Å². The number of hydrogen-bond acceptors (Lipinski definition) is 4. The first-order valence-corrected chi connectivity index (χ1v) is 9.87. The molecule has 142 valence electrons. The van der Waals surface area contributed by atoms with Crippen LogP contribution in [-0.2, 0) is 4.79 Å². The molecule has 0 radical (unpaired) electrons. The Kier molecular flexibility index (Phi) is 8.03. The molecule has 2 rings (SSSR count). The fraction of sp³-hybridized carbons (Fsp3) is 0.118. The fourth-order valence-corrected chi connectivity index (χ4v) is 3.16. The van der Waals surface area contributed by atoms with Gasteiger partial charge in [-0.25, -0.2) is 0 Å². The van der Waals surface area contributed by atoms with Crippen LogP contribution in [0.4, 0.5) is 0 Å². The Morgan fingerprint density at radius 3 is 2.52 bits per heavy atom. The van der Waals surface area contributed by atoms with Gasteiger partial charge in [0.05, 0.1) is 4.47 Å². The van der Waals surface area contributed by atoms with E-state index in [-0.39, 0.29) is 11.7 Å². The molecule has 27 heavy (non-hydrogen) atoms. The molecular formula is C17H14Br2ClN3O3S. The third kappa shape index (κ3) is 6.76. The Balaban J connectivity index is 1.78. The number of rotatable bonds is 4. The number of aryl methyl sites for hydroxylation is 1. The molecular weight excluding hydrogens is 522 g/mol. The Bertz CT molecular complexity index is 896. The maximum Gasteiger partial charge on any atom is 0.276 e. The highest BCUT2D eigenvalue weighted by Crippen LogP contribution is 2.27. The van der Waals surface area contributed by atoms with Crippen LogP contribution in [0.15, 0.2) is 45.3 Å². The second-order valence-electron chi connectivity index (χ2n) is 5.28. The van der Waals surface area contributed by atoms with Crippen LogP contribution in [0.2, 0.25) is 5.02 Å². The van der Waals surface area contributed by atoms with Gasteiger partial charge >= 0.3 is 0 Å². The van der Waals surface area contributed by atoms with E-state index in [1.807, 2.05) is 13.0 Å². The lowest BCUT2D eigenvalue weighted by Crippen LogP contribution is -2.49. The maximum atomic E-state index is 12.1. The van der Waals surface area contributed by atoms with Gasteiger partial charge in [0.1, 0.15) is 5.75 Å². The molecule has 6 nitrogen and oxygen atoms in total. The third-order valence-electron chi connectivity index (χ3n) is 3.23. The van der Waals surface area contributed by atoms with Gasteiger partial charge in [-0.3, -0.25) is 25.8 Å². The molecule has 2 aromatic carbocycles. The van der Waals surface area contributed by atoms with Gasteiger partial charge in [-0.1, -0.05) is 33.6 Å². The summed E-state index contributed by atoms with van der Waals surface area (Å²) in [4.78, 5) is 23.9. The molecule has 0 atom stereocenters. The van der Waals surface area contributed by atoms with Gasteiger partial charge in [0, 0.05) is 15.1 Å². The summed E-state index contributed by atoms with van der Waals surface area (Å²) in [6.45, 7) is 1.66. The van der Waals surface area contributed by atoms with E-state index in [1.165, 1.54) is 0 Å². The standard InChI is InChI=1S/C17H14Br2ClN3O3S/c1-9-2-3-10(6-12(9)18)16(25)21-17(27)23-22-15(24)8-26-14-5-4-11(20)7-13(14)19/h2-7H,8H2,1H3,(H,22,24)(H2,21,23,25,27). The summed E-state index contributed by atoms with van der Waals surface area (Å²) in [5.74, 6) is -0.411. The average molecular weight is 536 g/mol. The first kappa shape index (κ1) is 21.6. The van der Waals surface area contributed by atoms with Crippen LogP contribution in [0, 0.1) is 6.92 Å². The van der Waals surface area contributed by atoms with E-state index in [0.29, 0.717) is 20.8 Å². The molecule has 0 saturated heterocycles. The Labute approximate surface area is 183 Å². The molecule has 2 amide bonds. The van der Waals surface area contributed by atoms with E-state index >= 15 is 0 Å². The maximum absolute atomic E-state index is 12.1. The van der Waals surface area contributed by atoms with E-state index in [9.17, 15) is 9.59 Å². The van der Waals surface area contributed by atoms with Crippen molar-refractivity contribution in [3.8, 4) is 5.75 Å². The van der Waals surface area contributed by atoms with Gasteiger partial charge in [0.15, 0.2) is 11.7 Å². The van der Waals surface area contributed by atoms with Crippen molar-refractivity contribution in [1.29, 1.82) is 0 Å². The molecule has 0 fully saturated rings. The largest absolute Gasteiger partial charge is 0.483 e. The van der Waals surface area contributed by atoms with Gasteiger partial charge < -0.3 is 4.74 Å². The number of benzene rings is 2. The number of ether oxygens (including phenoxy) is 1. The first-order valence-electron chi connectivity index (χ1n) is 7.50. The van der Waals surface area contributed by atoms with Crippen molar-refractivity contribution >= 4 is 72.6 Å². The van der Waals surface area contributed by atoms with Gasteiger partial charge in [0.2, 0.25) is 0 Å². The lowest BCUT2D eigenvalue weighted by atomic mass is 10.1. The van der Waals surface area contributed by atoms with Crippen LogP contribution in [0.25, 0.3) is 0 Å². The lowest BCUT2D eigenvalue weighted by molar-refractivity contribution is -0.123. The number of amides is 2. The van der Waals surface area contributed by atoms with Crippen molar-refractivity contribution < 1.29 is 14.3 Å². The molecule has 2 aromatic rings. The minimum atomic E-state index is -0.480. The van der Waals surface area contributed by atoms with Gasteiger partial charge in [-0.15, -0.1) is 0 Å². The van der Waals surface area contributed by atoms with E-state index in [2.05, 4.69) is 48.0 Å². The second-order valence-corrected chi connectivity index (χ2v) is 7.84. The summed E-state index contributed by atoms with van der Waals surface area (Å²) >= 11 is 17.5. The first-order chi connectivity index (χ1) is 12.8. The fourth-order valence-electron chi connectivity index (χ4n) is 1.84. The molecule has 0 spiro atoms. The van der Waals surface area contributed by atoms with E-state index in [1.54, 1.807) is 30.3 Å². The predicted octanol–water partition coefficient (Wildman–Crippen LogP) is 3.89. The minimum absolute atomic E-state index is 0.0438. The number of carbonyl (C=O) groups excluding carboxylic acids is 2. The van der Waals surface area contributed by atoms with Crippen molar-refractivity contribution in [2.24, 2.45) is 0 Å². The normalized spacial score (nSPS) is 10.1. The molecule has 0 bridgehead atoms. The number of halogens is 3. The van der Waals surface area contributed by atoms with Crippen LogP contribution in [0.3, 0.4) is 0 Å². The van der Waals surface area contributed by atoms with Crippen molar-refractivity contribution in [1.82, 2.24) is 16.2 Å². The zero-order valence-corrected chi connectivity index (χ0v) is 18.7. The summed E-state index contributed by atoms with van der Waals surface area (Å²) in [7, 11) is 0. The van der Waals surface area contributed by atoms with Crippen molar-refractivity contribution in [2.75, 3.05) is 6.61 Å². The van der Waals surface area contributed by atoms with Crippen molar-refractivity contribution in [2.45, 2.75) is 6.92 Å². The zero-order valence-electron chi connectivity index (χ0n) is 13.9. The Morgan fingerprint density at radius 2 is 1.85 bits per heavy atom. The van der Waals surface area contributed by atoms with E-state index in [4.69, 9.17) is 28.6 Å². The number of carbonyl (C=O) groups is 2. The summed E-state index contributed by atoms with van der Waals surface area (Å²) in [5.41, 5.74) is 6.22. The smallest absolute Gasteiger partial charge is 0.276 e. The summed E-state index contributed by atoms with van der Waals surface area (Å²) in [6, 6.07) is 10.1. The molecule has 0 aromatic heterocycles. The highest BCUT2D eigenvalue weighted by molar-refractivity contribution is 9.10. The SMILES string of the molecule is Cc1ccc(C(=O)NC(=S)NNC(=O)COc2ccc(Cl)cc2Br)cc1Br. The highest BCUT2D eigenvalue weighted by Gasteiger charge is 2.10. The molecule has 3 N–H and O–H groups in total. The van der Waals surface area contributed by atoms with Crippen LogP contribution < -0.4 is 20.9 Å². The molecule has 0 heterocycles. The molecule has 0 unspecified atom stereocenters. The van der Waals surface area contributed by atoms with E-state index < -0.39 is 11.8 Å². The molecule has 0 saturated carbocycles. The molecule has 0 aliphatic heterocycles. The van der Waals surface area contributed by atoms with Crippen molar-refractivity contribution in [3.05, 3.63) is 61.5 Å². The number of thiocarbonyl (C=S) groups is 1. The summed E-state index contributed by atoms with van der Waals surface area (Å²) in [6.07, 6.45) is 0. The lowest BCUT2D eigenvalue weighted by Gasteiger charge is -2.12.